The Hall–Kier alpha value is -0.610. The van der Waals surface area contributed by atoms with Crippen LogP contribution in [0.2, 0.25) is 0 Å². The van der Waals surface area contributed by atoms with Crippen LogP contribution in [0.15, 0.2) is 0 Å². The Morgan fingerprint density at radius 2 is 1.62 bits per heavy atom. The van der Waals surface area contributed by atoms with Crippen LogP contribution in [-0.2, 0) is 4.79 Å². The van der Waals surface area contributed by atoms with Crippen molar-refractivity contribution in [3.05, 3.63) is 0 Å². The highest BCUT2D eigenvalue weighted by Gasteiger charge is 2.04. The van der Waals surface area contributed by atoms with Gasteiger partial charge in [0.15, 0.2) is 0 Å². The Morgan fingerprint density at radius 3 is 2.25 bits per heavy atom. The van der Waals surface area contributed by atoms with E-state index >= 15 is 0 Å². The second kappa shape index (κ2) is 10.9. The van der Waals surface area contributed by atoms with E-state index in [9.17, 15) is 4.79 Å². The Morgan fingerprint density at radius 1 is 1.00 bits per heavy atom. The molecule has 0 saturated heterocycles. The lowest BCUT2D eigenvalue weighted by Gasteiger charge is -2.08. The van der Waals surface area contributed by atoms with E-state index in [1.165, 1.54) is 12.8 Å². The maximum Gasteiger partial charge on any atom is 0.222 e. The molecule has 0 aliphatic heterocycles. The van der Waals surface area contributed by atoms with E-state index in [-0.39, 0.29) is 11.8 Å². The van der Waals surface area contributed by atoms with Crippen molar-refractivity contribution in [1.29, 1.82) is 0 Å². The van der Waals surface area contributed by atoms with Gasteiger partial charge in [0, 0.05) is 12.5 Å². The molecule has 0 unspecified atom stereocenters. The van der Waals surface area contributed by atoms with Gasteiger partial charge in [-0.25, -0.2) is 0 Å². The fourth-order valence-electron chi connectivity index (χ4n) is 1.31. The Bertz CT molecular complexity index is 172. The fraction of sp³-hybridized carbons (Fsp3) is 0.917. The van der Waals surface area contributed by atoms with E-state index in [2.05, 4.69) is 16.0 Å². The van der Waals surface area contributed by atoms with E-state index in [0.29, 0.717) is 0 Å². The first-order valence-corrected chi connectivity index (χ1v) is 6.31. The van der Waals surface area contributed by atoms with Gasteiger partial charge in [0.05, 0.1) is 0 Å². The van der Waals surface area contributed by atoms with Gasteiger partial charge in [-0.15, -0.1) is 0 Å². The molecule has 0 heterocycles. The first-order valence-electron chi connectivity index (χ1n) is 6.31. The molecule has 0 aromatic carbocycles. The molecule has 3 N–H and O–H groups in total. The molecule has 0 fully saturated rings. The number of carbonyl (C=O) groups is 1. The lowest BCUT2D eigenvalue weighted by molar-refractivity contribution is -0.123. The molecule has 0 aromatic rings. The zero-order valence-electron chi connectivity index (χ0n) is 10.9. The van der Waals surface area contributed by atoms with E-state index < -0.39 is 0 Å². The molecule has 4 heteroatoms. The highest BCUT2D eigenvalue weighted by Crippen LogP contribution is 1.90. The third-order valence-electron chi connectivity index (χ3n) is 2.38. The minimum absolute atomic E-state index is 0.0921. The fourth-order valence-corrected chi connectivity index (χ4v) is 1.31. The molecule has 96 valence electrons. The monoisotopic (exact) mass is 229 g/mol. The van der Waals surface area contributed by atoms with E-state index in [1.54, 1.807) is 0 Å². The second-order valence-electron chi connectivity index (χ2n) is 4.36. The molecule has 0 aliphatic rings. The maximum absolute atomic E-state index is 11.2. The van der Waals surface area contributed by atoms with Crippen molar-refractivity contribution in [2.75, 3.05) is 33.2 Å². The molecule has 4 nitrogen and oxygen atoms in total. The summed E-state index contributed by atoms with van der Waals surface area (Å²) < 4.78 is 0. The minimum Gasteiger partial charge on any atom is -0.356 e. The molecule has 1 amide bonds. The molecule has 0 aliphatic carbocycles. The van der Waals surface area contributed by atoms with Gasteiger partial charge in [-0.2, -0.15) is 0 Å². The number of rotatable bonds is 10. The molecule has 0 aromatic heterocycles. The van der Waals surface area contributed by atoms with Crippen molar-refractivity contribution in [1.82, 2.24) is 16.0 Å². The highest BCUT2D eigenvalue weighted by atomic mass is 16.1. The minimum atomic E-state index is 0.0921. The highest BCUT2D eigenvalue weighted by molar-refractivity contribution is 5.77. The predicted molar refractivity (Wildman–Crippen MR) is 68.5 cm³/mol. The van der Waals surface area contributed by atoms with Gasteiger partial charge in [-0.05, 0) is 45.9 Å². The standard InChI is InChI=1S/C12H27N3O/c1-11(2)12(16)15-10-6-9-14-8-5-4-7-13-3/h11,13-14H,4-10H2,1-3H3,(H,15,16). The van der Waals surface area contributed by atoms with Crippen LogP contribution in [0.1, 0.15) is 33.1 Å². The van der Waals surface area contributed by atoms with Gasteiger partial charge in [-0.3, -0.25) is 4.79 Å². The Kier molecular flexibility index (Phi) is 10.5. The molecule has 0 bridgehead atoms. The molecule has 0 saturated carbocycles. The molecule has 0 atom stereocenters. The van der Waals surface area contributed by atoms with Crippen molar-refractivity contribution < 1.29 is 4.79 Å². The smallest absolute Gasteiger partial charge is 0.222 e. The van der Waals surface area contributed by atoms with Gasteiger partial charge >= 0.3 is 0 Å². The Labute approximate surface area is 99.6 Å². The number of nitrogens with one attached hydrogen (secondary N) is 3. The quantitative estimate of drug-likeness (QED) is 0.484. The molecule has 0 rings (SSSR count). The number of hydrogen-bond acceptors (Lipinski definition) is 3. The number of carbonyl (C=O) groups excluding carboxylic acids is 1. The van der Waals surface area contributed by atoms with Crippen molar-refractivity contribution >= 4 is 5.91 Å². The molecule has 0 spiro atoms. The molecule has 0 radical (unpaired) electrons. The SMILES string of the molecule is CNCCCCNCCCNC(=O)C(C)C. The summed E-state index contributed by atoms with van der Waals surface area (Å²) in [4.78, 5) is 11.2. The number of amides is 1. The third-order valence-corrected chi connectivity index (χ3v) is 2.38. The van der Waals surface area contributed by atoms with Gasteiger partial charge in [0.1, 0.15) is 0 Å². The van der Waals surface area contributed by atoms with Crippen LogP contribution < -0.4 is 16.0 Å². The van der Waals surface area contributed by atoms with Gasteiger partial charge in [0.2, 0.25) is 5.91 Å². The van der Waals surface area contributed by atoms with E-state index in [0.717, 1.165) is 32.6 Å². The summed E-state index contributed by atoms with van der Waals surface area (Å²) in [7, 11) is 1.98. The summed E-state index contributed by atoms with van der Waals surface area (Å²) in [6.45, 7) is 7.75. The topological polar surface area (TPSA) is 53.2 Å². The number of hydrogen-bond donors (Lipinski definition) is 3. The average Bonchev–Trinajstić information content (AvgIpc) is 2.26. The van der Waals surface area contributed by atoms with Crippen molar-refractivity contribution in [3.63, 3.8) is 0 Å². The van der Waals surface area contributed by atoms with Crippen LogP contribution in [-0.4, -0.2) is 39.1 Å². The predicted octanol–water partition coefficient (Wildman–Crippen LogP) is 0.738. The van der Waals surface area contributed by atoms with Crippen molar-refractivity contribution in [3.8, 4) is 0 Å². The van der Waals surface area contributed by atoms with Crippen LogP contribution in [0, 0.1) is 5.92 Å². The summed E-state index contributed by atoms with van der Waals surface area (Å²) in [5.74, 6) is 0.239. The third kappa shape index (κ3) is 9.93. The van der Waals surface area contributed by atoms with Crippen LogP contribution in [0.4, 0.5) is 0 Å². The van der Waals surface area contributed by atoms with Crippen LogP contribution in [0.5, 0.6) is 0 Å². The van der Waals surface area contributed by atoms with Crippen LogP contribution >= 0.6 is 0 Å². The van der Waals surface area contributed by atoms with Gasteiger partial charge in [0.25, 0.3) is 0 Å². The summed E-state index contributed by atoms with van der Waals surface area (Å²) in [5, 5.41) is 9.40. The summed E-state index contributed by atoms with van der Waals surface area (Å²) >= 11 is 0. The summed E-state index contributed by atoms with van der Waals surface area (Å²) in [5.41, 5.74) is 0. The first kappa shape index (κ1) is 15.4. The van der Waals surface area contributed by atoms with E-state index in [1.807, 2.05) is 20.9 Å². The second-order valence-corrected chi connectivity index (χ2v) is 4.36. The van der Waals surface area contributed by atoms with Crippen LogP contribution in [0.25, 0.3) is 0 Å². The van der Waals surface area contributed by atoms with Gasteiger partial charge in [-0.1, -0.05) is 13.8 Å². The van der Waals surface area contributed by atoms with E-state index in [4.69, 9.17) is 0 Å². The maximum atomic E-state index is 11.2. The summed E-state index contributed by atoms with van der Waals surface area (Å²) in [6, 6.07) is 0. The lowest BCUT2D eigenvalue weighted by Crippen LogP contribution is -2.30. The van der Waals surface area contributed by atoms with Crippen molar-refractivity contribution in [2.24, 2.45) is 5.92 Å². The molecular weight excluding hydrogens is 202 g/mol. The first-order chi connectivity index (χ1) is 7.68. The largest absolute Gasteiger partial charge is 0.356 e. The van der Waals surface area contributed by atoms with Gasteiger partial charge < -0.3 is 16.0 Å². The Balaban J connectivity index is 3.07. The molecular formula is C12H27N3O. The summed E-state index contributed by atoms with van der Waals surface area (Å²) in [6.07, 6.45) is 3.43. The zero-order chi connectivity index (χ0) is 12.2. The lowest BCUT2D eigenvalue weighted by atomic mass is 10.2. The average molecular weight is 229 g/mol. The molecule has 16 heavy (non-hydrogen) atoms. The van der Waals surface area contributed by atoms with Crippen molar-refractivity contribution in [2.45, 2.75) is 33.1 Å². The normalized spacial score (nSPS) is 10.8. The zero-order valence-corrected chi connectivity index (χ0v) is 10.9. The number of unbranched alkanes of at least 4 members (excludes halogenated alkanes) is 1. The van der Waals surface area contributed by atoms with Crippen LogP contribution in [0.3, 0.4) is 0 Å².